The predicted octanol–water partition coefficient (Wildman–Crippen LogP) is 17.5. The maximum Gasteiger partial charge on any atom is 0.488 e. The smallest absolute Gasteiger partial charge is 0.423 e. The fourth-order valence-electron chi connectivity index (χ4n) is 9.01. The summed E-state index contributed by atoms with van der Waals surface area (Å²) < 4.78 is 1.13. The molecular weight excluding hydrogens is 961 g/mol. The van der Waals surface area contributed by atoms with Crippen LogP contribution in [-0.2, 0) is 0 Å². The highest BCUT2D eigenvalue weighted by molar-refractivity contribution is 9.10. The van der Waals surface area contributed by atoms with Gasteiger partial charge in [-0.15, -0.1) is 23.2 Å². The molecule has 12 aromatic carbocycles. The molecule has 0 amide bonds. The molecule has 0 bridgehead atoms. The molecule has 66 heavy (non-hydrogen) atoms. The van der Waals surface area contributed by atoms with Crippen molar-refractivity contribution >= 4 is 161 Å². The van der Waals surface area contributed by atoms with E-state index in [9.17, 15) is 0 Å². The molecule has 0 radical (unpaired) electrons. The number of fused-ring (bicyclic) bond motifs is 16. The van der Waals surface area contributed by atoms with Crippen LogP contribution in [0.5, 0.6) is 0 Å². The zero-order valence-corrected chi connectivity index (χ0v) is 40.2. The van der Waals surface area contributed by atoms with Crippen LogP contribution in [0.4, 0.5) is 0 Å². The van der Waals surface area contributed by atoms with Gasteiger partial charge in [-0.1, -0.05) is 209 Å². The molecule has 2 N–H and O–H groups in total. The van der Waals surface area contributed by atoms with Crippen LogP contribution in [0.15, 0.2) is 211 Å². The van der Waals surface area contributed by atoms with Crippen LogP contribution in [0.25, 0.3) is 97.3 Å². The summed E-state index contributed by atoms with van der Waals surface area (Å²) in [4.78, 5) is -0.222. The number of alkyl halides is 2. The molecule has 12 aromatic rings. The summed E-state index contributed by atoms with van der Waals surface area (Å²) in [6.45, 7) is 1.70. The number of hydrogen-bond acceptors (Lipinski definition) is 2. The van der Waals surface area contributed by atoms with Crippen molar-refractivity contribution in [3.8, 4) is 11.1 Å². The second-order valence-electron chi connectivity index (χ2n) is 15.9. The van der Waals surface area contributed by atoms with E-state index in [1.54, 1.807) is 31.2 Å². The molecule has 0 aromatic heterocycles. The molecule has 0 atom stereocenters. The van der Waals surface area contributed by atoms with E-state index in [1.165, 1.54) is 97.3 Å². The topological polar surface area (TPSA) is 40.5 Å². The minimum Gasteiger partial charge on any atom is -0.423 e. The van der Waals surface area contributed by atoms with Gasteiger partial charge in [-0.25, -0.2) is 0 Å². The van der Waals surface area contributed by atoms with Crippen molar-refractivity contribution in [1.29, 1.82) is 0 Å². The van der Waals surface area contributed by atoms with E-state index in [4.69, 9.17) is 56.5 Å². The van der Waals surface area contributed by atoms with Crippen molar-refractivity contribution < 1.29 is 10.0 Å². The standard InChI is InChI=1S/C28H17Cl.C22H12BrCl.C6H7BO2.C2H4Cl2/c29-19-14-15-24-26(16-19)20-10-4-5-11-21(20)27-17-25(18-8-2-1-3-9-18)22-12-6-7-13-23(22)28(24)27;23-21-12-20-15-6-2-1-5-14(15)19-11-13(24)9-10-18(19)22(20)17-8-4-3-7-16(17)21;8-7(9)6-4-2-1-3-5-6;1-2(3)4/h1-17H;1-12H;1-5,8-9H;2H,1H3. The highest BCUT2D eigenvalue weighted by Crippen LogP contribution is 2.44. The summed E-state index contributed by atoms with van der Waals surface area (Å²) in [5.74, 6) is 0. The average molecular weight is 1000 g/mol. The Kier molecular flexibility index (Phi) is 13.8. The van der Waals surface area contributed by atoms with E-state index in [-0.39, 0.29) is 4.84 Å². The van der Waals surface area contributed by atoms with Crippen LogP contribution in [0.2, 0.25) is 10.0 Å². The largest absolute Gasteiger partial charge is 0.488 e. The summed E-state index contributed by atoms with van der Waals surface area (Å²) in [7, 11) is -1.34. The highest BCUT2D eigenvalue weighted by atomic mass is 79.9. The second kappa shape index (κ2) is 20.1. The number of halogens is 5. The molecule has 8 heteroatoms. The lowest BCUT2D eigenvalue weighted by atomic mass is 9.81. The van der Waals surface area contributed by atoms with E-state index in [2.05, 4.69) is 180 Å². The van der Waals surface area contributed by atoms with Crippen molar-refractivity contribution in [1.82, 2.24) is 0 Å². The van der Waals surface area contributed by atoms with Crippen LogP contribution < -0.4 is 5.46 Å². The van der Waals surface area contributed by atoms with Gasteiger partial charge in [0, 0.05) is 14.5 Å². The zero-order valence-electron chi connectivity index (χ0n) is 35.6. The summed E-state index contributed by atoms with van der Waals surface area (Å²) in [6, 6.07) is 70.9. The molecule has 12 rings (SSSR count). The summed E-state index contributed by atoms with van der Waals surface area (Å²) in [6.07, 6.45) is 0. The Morgan fingerprint density at radius 2 is 0.727 bits per heavy atom. The monoisotopic (exact) mass is 998 g/mol. The molecule has 0 spiro atoms. The fraction of sp³-hybridized carbons (Fsp3) is 0.0345. The lowest BCUT2D eigenvalue weighted by molar-refractivity contribution is 0.426. The second-order valence-corrected chi connectivity index (χ2v) is 19.1. The van der Waals surface area contributed by atoms with Gasteiger partial charge >= 0.3 is 7.12 Å². The van der Waals surface area contributed by atoms with Crippen molar-refractivity contribution in [2.24, 2.45) is 0 Å². The molecular formula is C58H40BBrCl4O2. The lowest BCUT2D eigenvalue weighted by Crippen LogP contribution is -2.29. The van der Waals surface area contributed by atoms with Gasteiger partial charge in [0.15, 0.2) is 0 Å². The van der Waals surface area contributed by atoms with Gasteiger partial charge in [0.1, 0.15) is 4.84 Å². The van der Waals surface area contributed by atoms with Crippen LogP contribution in [0.1, 0.15) is 6.92 Å². The van der Waals surface area contributed by atoms with Crippen LogP contribution >= 0.6 is 62.3 Å². The van der Waals surface area contributed by atoms with Gasteiger partial charge in [0.05, 0.1) is 0 Å². The van der Waals surface area contributed by atoms with Crippen molar-refractivity contribution in [2.45, 2.75) is 11.8 Å². The minimum absolute atomic E-state index is 0.222. The summed E-state index contributed by atoms with van der Waals surface area (Å²) in [5.41, 5.74) is 3.04. The maximum absolute atomic E-state index is 8.58. The zero-order chi connectivity index (χ0) is 45.9. The Balaban J connectivity index is 0.000000133. The van der Waals surface area contributed by atoms with Gasteiger partial charge in [-0.3, -0.25) is 0 Å². The van der Waals surface area contributed by atoms with E-state index < -0.39 is 7.12 Å². The third-order valence-electron chi connectivity index (χ3n) is 11.7. The van der Waals surface area contributed by atoms with Gasteiger partial charge in [-0.2, -0.15) is 0 Å². The Labute approximate surface area is 411 Å². The van der Waals surface area contributed by atoms with Crippen molar-refractivity contribution in [2.75, 3.05) is 0 Å². The molecule has 0 saturated heterocycles. The van der Waals surface area contributed by atoms with Crippen LogP contribution in [0, 0.1) is 0 Å². The first kappa shape index (κ1) is 45.5. The number of hydrogen-bond donors (Lipinski definition) is 2. The van der Waals surface area contributed by atoms with Crippen LogP contribution in [0.3, 0.4) is 0 Å². The first-order chi connectivity index (χ1) is 32.1. The van der Waals surface area contributed by atoms with E-state index in [0.717, 1.165) is 14.5 Å². The fourth-order valence-corrected chi connectivity index (χ4v) is 9.93. The minimum atomic E-state index is -1.34. The van der Waals surface area contributed by atoms with Crippen molar-refractivity contribution in [3.05, 3.63) is 221 Å². The Morgan fingerprint density at radius 1 is 0.379 bits per heavy atom. The van der Waals surface area contributed by atoms with Crippen molar-refractivity contribution in [3.63, 3.8) is 0 Å². The third kappa shape index (κ3) is 9.21. The Bertz CT molecular complexity index is 3710. The van der Waals surface area contributed by atoms with Gasteiger partial charge < -0.3 is 10.0 Å². The van der Waals surface area contributed by atoms with E-state index in [1.807, 2.05) is 18.2 Å². The normalized spacial score (nSPS) is 11.2. The van der Waals surface area contributed by atoms with Gasteiger partial charge in [0.2, 0.25) is 0 Å². The molecule has 322 valence electrons. The molecule has 0 fully saturated rings. The molecule has 0 aliphatic carbocycles. The lowest BCUT2D eigenvalue weighted by Gasteiger charge is -2.16. The third-order valence-corrected chi connectivity index (χ3v) is 12.9. The highest BCUT2D eigenvalue weighted by Gasteiger charge is 2.16. The first-order valence-electron chi connectivity index (χ1n) is 21.4. The summed E-state index contributed by atoms with van der Waals surface area (Å²) in [5, 5.41) is 38.8. The Morgan fingerprint density at radius 3 is 1.18 bits per heavy atom. The summed E-state index contributed by atoms with van der Waals surface area (Å²) >= 11 is 26.5. The quantitative estimate of drug-likeness (QED) is 0.103. The SMILES string of the molecule is CC(Cl)Cl.Clc1ccc2c(c1)c1ccccc1c1cc(-c3ccccc3)c3ccccc3c21.Clc1ccc2c(c1)c1ccccc1c1cc(Br)c3ccccc3c21.OB(O)c1ccccc1. The predicted molar refractivity (Wildman–Crippen MR) is 294 cm³/mol. The molecule has 0 aliphatic rings. The maximum atomic E-state index is 8.58. The van der Waals surface area contributed by atoms with E-state index >= 15 is 0 Å². The molecule has 0 aliphatic heterocycles. The molecule has 0 unspecified atom stereocenters. The average Bonchev–Trinajstić information content (AvgIpc) is 3.34. The van der Waals surface area contributed by atoms with Gasteiger partial charge in [0.25, 0.3) is 0 Å². The van der Waals surface area contributed by atoms with E-state index in [0.29, 0.717) is 5.46 Å². The molecule has 0 saturated carbocycles. The first-order valence-corrected chi connectivity index (χ1v) is 23.8. The molecule has 0 heterocycles. The Hall–Kier alpha value is -5.66. The molecule has 2 nitrogen and oxygen atoms in total. The van der Waals surface area contributed by atoms with Gasteiger partial charge in [-0.05, 0) is 146 Å². The number of benzene rings is 12. The van der Waals surface area contributed by atoms with Crippen LogP contribution in [-0.4, -0.2) is 22.0 Å². The number of rotatable bonds is 2.